The van der Waals surface area contributed by atoms with Gasteiger partial charge < -0.3 is 19.9 Å². The summed E-state index contributed by atoms with van der Waals surface area (Å²) in [5.41, 5.74) is 3.58. The molecule has 0 aliphatic carbocycles. The predicted molar refractivity (Wildman–Crippen MR) is 74.7 cm³/mol. The largest absolute Gasteiger partial charge is 0.494 e. The van der Waals surface area contributed by atoms with E-state index < -0.39 is 0 Å². The number of rotatable bonds is 2. The van der Waals surface area contributed by atoms with Crippen molar-refractivity contribution < 1.29 is 4.74 Å². The van der Waals surface area contributed by atoms with Crippen LogP contribution in [0.4, 0.5) is 5.69 Å². The van der Waals surface area contributed by atoms with E-state index in [1.807, 2.05) is 6.20 Å². The SMILES string of the molecule is COc1c(N2CCNCC2)ccc2[nH]cc(C)c12. The highest BCUT2D eigenvalue weighted by Gasteiger charge is 2.18. The molecule has 1 aromatic heterocycles. The number of nitrogens with one attached hydrogen (secondary N) is 2. The van der Waals surface area contributed by atoms with Crippen LogP contribution in [0.3, 0.4) is 0 Å². The number of fused-ring (bicyclic) bond motifs is 1. The number of aromatic amines is 1. The Morgan fingerprint density at radius 1 is 1.22 bits per heavy atom. The molecule has 3 rings (SSSR count). The van der Waals surface area contributed by atoms with Crippen LogP contribution >= 0.6 is 0 Å². The van der Waals surface area contributed by atoms with Gasteiger partial charge in [-0.2, -0.15) is 0 Å². The zero-order valence-electron chi connectivity index (χ0n) is 10.9. The van der Waals surface area contributed by atoms with Crippen molar-refractivity contribution in [1.29, 1.82) is 0 Å². The van der Waals surface area contributed by atoms with E-state index in [2.05, 4.69) is 34.3 Å². The molecule has 1 aromatic carbocycles. The summed E-state index contributed by atoms with van der Waals surface area (Å²) < 4.78 is 5.67. The number of hydrogen-bond donors (Lipinski definition) is 2. The molecule has 1 aliphatic heterocycles. The van der Waals surface area contributed by atoms with Crippen molar-refractivity contribution in [1.82, 2.24) is 10.3 Å². The highest BCUT2D eigenvalue weighted by molar-refractivity contribution is 5.94. The van der Waals surface area contributed by atoms with E-state index in [9.17, 15) is 0 Å². The van der Waals surface area contributed by atoms with Crippen LogP contribution in [-0.2, 0) is 0 Å². The van der Waals surface area contributed by atoms with E-state index in [0.717, 1.165) is 37.4 Å². The Labute approximate surface area is 107 Å². The zero-order chi connectivity index (χ0) is 12.5. The van der Waals surface area contributed by atoms with Gasteiger partial charge in [0.15, 0.2) is 5.75 Å². The molecule has 1 aliphatic rings. The number of aromatic nitrogens is 1. The third-order valence-corrected chi connectivity index (χ3v) is 3.64. The molecule has 1 fully saturated rings. The molecule has 2 heterocycles. The first-order valence-corrected chi connectivity index (χ1v) is 6.41. The number of nitrogens with zero attached hydrogens (tertiary/aromatic N) is 1. The number of benzene rings is 1. The van der Waals surface area contributed by atoms with Gasteiger partial charge in [0.2, 0.25) is 0 Å². The van der Waals surface area contributed by atoms with Crippen LogP contribution in [0.1, 0.15) is 5.56 Å². The van der Waals surface area contributed by atoms with Crippen LogP contribution in [0.15, 0.2) is 18.3 Å². The summed E-state index contributed by atoms with van der Waals surface area (Å²) in [4.78, 5) is 5.67. The smallest absolute Gasteiger partial charge is 0.151 e. The minimum absolute atomic E-state index is 0.994. The molecule has 0 radical (unpaired) electrons. The monoisotopic (exact) mass is 245 g/mol. The third-order valence-electron chi connectivity index (χ3n) is 3.64. The highest BCUT2D eigenvalue weighted by atomic mass is 16.5. The second kappa shape index (κ2) is 4.53. The van der Waals surface area contributed by atoms with Gasteiger partial charge in [-0.3, -0.25) is 0 Å². The molecule has 2 aromatic rings. The van der Waals surface area contributed by atoms with Gasteiger partial charge in [0.05, 0.1) is 12.8 Å². The molecule has 4 nitrogen and oxygen atoms in total. The summed E-state index contributed by atoms with van der Waals surface area (Å²) in [6.45, 7) is 6.25. The summed E-state index contributed by atoms with van der Waals surface area (Å²) in [6.07, 6.45) is 2.04. The van der Waals surface area contributed by atoms with Gasteiger partial charge in [-0.25, -0.2) is 0 Å². The van der Waals surface area contributed by atoms with Crippen LogP contribution in [0.25, 0.3) is 10.9 Å². The molecule has 18 heavy (non-hydrogen) atoms. The molecular formula is C14H19N3O. The van der Waals surface area contributed by atoms with Crippen molar-refractivity contribution in [2.45, 2.75) is 6.92 Å². The number of anilines is 1. The summed E-state index contributed by atoms with van der Waals surface area (Å²) in [5.74, 6) is 0.994. The molecule has 96 valence electrons. The minimum Gasteiger partial charge on any atom is -0.494 e. The third kappa shape index (κ3) is 1.73. The van der Waals surface area contributed by atoms with Crippen LogP contribution < -0.4 is 15.0 Å². The fourth-order valence-electron chi connectivity index (χ4n) is 2.70. The Hall–Kier alpha value is -1.68. The van der Waals surface area contributed by atoms with Gasteiger partial charge in [0.25, 0.3) is 0 Å². The van der Waals surface area contributed by atoms with Gasteiger partial charge in [-0.1, -0.05) is 0 Å². The average molecular weight is 245 g/mol. The minimum atomic E-state index is 0.994. The van der Waals surface area contributed by atoms with Crippen LogP contribution in [0.2, 0.25) is 0 Å². The lowest BCUT2D eigenvalue weighted by Gasteiger charge is -2.30. The Bertz CT molecular complexity index is 555. The maximum absolute atomic E-state index is 5.67. The molecule has 0 saturated carbocycles. The quantitative estimate of drug-likeness (QED) is 0.849. The van der Waals surface area contributed by atoms with Crippen molar-refractivity contribution in [2.24, 2.45) is 0 Å². The lowest BCUT2D eigenvalue weighted by Crippen LogP contribution is -2.43. The molecule has 0 spiro atoms. The van der Waals surface area contributed by atoms with E-state index >= 15 is 0 Å². The first kappa shape index (κ1) is 11.4. The van der Waals surface area contributed by atoms with Gasteiger partial charge in [0.1, 0.15) is 0 Å². The van der Waals surface area contributed by atoms with E-state index in [-0.39, 0.29) is 0 Å². The zero-order valence-corrected chi connectivity index (χ0v) is 10.9. The predicted octanol–water partition coefficient (Wildman–Crippen LogP) is 1.89. The van der Waals surface area contributed by atoms with E-state index in [1.54, 1.807) is 7.11 Å². The topological polar surface area (TPSA) is 40.3 Å². The van der Waals surface area contributed by atoms with E-state index in [1.165, 1.54) is 16.6 Å². The van der Waals surface area contributed by atoms with Gasteiger partial charge in [-0.05, 0) is 24.6 Å². The number of ether oxygens (including phenoxy) is 1. The Kier molecular flexibility index (Phi) is 2.88. The van der Waals surface area contributed by atoms with Crippen molar-refractivity contribution in [3.05, 3.63) is 23.9 Å². The molecule has 0 bridgehead atoms. The van der Waals surface area contributed by atoms with Crippen molar-refractivity contribution in [2.75, 3.05) is 38.2 Å². The molecule has 4 heteroatoms. The second-order valence-corrected chi connectivity index (χ2v) is 4.75. The Morgan fingerprint density at radius 2 is 2.00 bits per heavy atom. The summed E-state index contributed by atoms with van der Waals surface area (Å²) in [7, 11) is 1.76. The fourth-order valence-corrected chi connectivity index (χ4v) is 2.70. The Balaban J connectivity index is 2.13. The first-order valence-electron chi connectivity index (χ1n) is 6.41. The molecule has 0 amide bonds. The summed E-state index contributed by atoms with van der Waals surface area (Å²) >= 11 is 0. The molecule has 1 saturated heterocycles. The van der Waals surface area contributed by atoms with Gasteiger partial charge >= 0.3 is 0 Å². The fraction of sp³-hybridized carbons (Fsp3) is 0.429. The normalized spacial score (nSPS) is 16.2. The van der Waals surface area contributed by atoms with Crippen LogP contribution in [0, 0.1) is 6.92 Å². The van der Waals surface area contributed by atoms with E-state index in [4.69, 9.17) is 4.74 Å². The lowest BCUT2D eigenvalue weighted by atomic mass is 10.1. The number of H-pyrrole nitrogens is 1. The Morgan fingerprint density at radius 3 is 2.72 bits per heavy atom. The molecule has 0 atom stereocenters. The standard InChI is InChI=1S/C14H19N3O/c1-10-9-16-11-3-4-12(14(18-2)13(10)11)17-7-5-15-6-8-17/h3-4,9,15-16H,5-8H2,1-2H3. The van der Waals surface area contributed by atoms with E-state index in [0.29, 0.717) is 0 Å². The summed E-state index contributed by atoms with van der Waals surface area (Å²) in [5, 5.41) is 4.58. The summed E-state index contributed by atoms with van der Waals surface area (Å²) in [6, 6.07) is 4.30. The van der Waals surface area contributed by atoms with Crippen LogP contribution in [-0.4, -0.2) is 38.3 Å². The maximum Gasteiger partial charge on any atom is 0.151 e. The van der Waals surface area contributed by atoms with Crippen molar-refractivity contribution >= 4 is 16.6 Å². The number of hydrogen-bond acceptors (Lipinski definition) is 3. The average Bonchev–Trinajstić information content (AvgIpc) is 2.81. The second-order valence-electron chi connectivity index (χ2n) is 4.75. The highest BCUT2D eigenvalue weighted by Crippen LogP contribution is 2.37. The number of methoxy groups -OCH3 is 1. The maximum atomic E-state index is 5.67. The molecule has 2 N–H and O–H groups in total. The van der Waals surface area contributed by atoms with Gasteiger partial charge in [-0.15, -0.1) is 0 Å². The first-order chi connectivity index (χ1) is 8.81. The van der Waals surface area contributed by atoms with Crippen LogP contribution in [0.5, 0.6) is 5.75 Å². The van der Waals surface area contributed by atoms with Crippen molar-refractivity contribution in [3.63, 3.8) is 0 Å². The van der Waals surface area contributed by atoms with Crippen molar-refractivity contribution in [3.8, 4) is 5.75 Å². The molecule has 0 unspecified atom stereocenters. The lowest BCUT2D eigenvalue weighted by molar-refractivity contribution is 0.418. The number of aryl methyl sites for hydroxylation is 1. The number of piperazine rings is 1. The van der Waals surface area contributed by atoms with Gasteiger partial charge in [0, 0.05) is 43.3 Å². The molecular weight excluding hydrogens is 226 g/mol.